The third kappa shape index (κ3) is 2.41. The maximum Gasteiger partial charge on any atom is 0.137 e. The van der Waals surface area contributed by atoms with E-state index in [0.29, 0.717) is 6.61 Å². The molecule has 0 amide bonds. The Morgan fingerprint density at radius 2 is 2.20 bits per heavy atom. The summed E-state index contributed by atoms with van der Waals surface area (Å²) in [6, 6.07) is 10.2. The van der Waals surface area contributed by atoms with Gasteiger partial charge in [0.05, 0.1) is 18.9 Å². The molecule has 1 heterocycles. The van der Waals surface area contributed by atoms with Crippen LogP contribution in [0.5, 0.6) is 5.75 Å². The number of aromatic nitrogens is 1. The molecule has 0 radical (unpaired) electrons. The van der Waals surface area contributed by atoms with Crippen LogP contribution >= 0.6 is 0 Å². The number of nitrogens with zero attached hydrogens (tertiary/aromatic N) is 1. The number of fused-ring (bicyclic) bond motifs is 1. The number of aliphatic hydroxyl groups excluding tert-OH is 1. The number of hydrogen-bond acceptors (Lipinski definition) is 3. The first-order valence-electron chi connectivity index (χ1n) is 7.13. The highest BCUT2D eigenvalue weighted by molar-refractivity contribution is 5.42. The SMILES string of the molecule is CCCOc1cncc(C(O)C2Cc3ccccc32)c1. The lowest BCUT2D eigenvalue weighted by molar-refractivity contribution is 0.134. The molecule has 2 atom stereocenters. The van der Waals surface area contributed by atoms with Gasteiger partial charge in [0.15, 0.2) is 0 Å². The fourth-order valence-electron chi connectivity index (χ4n) is 2.71. The second kappa shape index (κ2) is 5.63. The minimum atomic E-state index is -0.512. The van der Waals surface area contributed by atoms with Crippen molar-refractivity contribution in [1.29, 1.82) is 0 Å². The third-order valence-electron chi connectivity index (χ3n) is 3.82. The smallest absolute Gasteiger partial charge is 0.137 e. The Balaban J connectivity index is 1.77. The standard InChI is InChI=1S/C17H19NO2/c1-2-7-20-14-8-13(10-18-11-14)17(19)16-9-12-5-3-4-6-15(12)16/h3-6,8,10-11,16-17,19H,2,7,9H2,1H3. The Morgan fingerprint density at radius 3 is 3.00 bits per heavy atom. The molecule has 2 unspecified atom stereocenters. The second-order valence-corrected chi connectivity index (χ2v) is 5.26. The van der Waals surface area contributed by atoms with Crippen LogP contribution in [-0.2, 0) is 6.42 Å². The zero-order valence-electron chi connectivity index (χ0n) is 11.6. The molecule has 3 rings (SSSR count). The normalized spacial score (nSPS) is 18.0. The highest BCUT2D eigenvalue weighted by Gasteiger charge is 2.32. The van der Waals surface area contributed by atoms with Crippen LogP contribution in [0.4, 0.5) is 0 Å². The monoisotopic (exact) mass is 269 g/mol. The highest BCUT2D eigenvalue weighted by atomic mass is 16.5. The summed E-state index contributed by atoms with van der Waals surface area (Å²) in [4.78, 5) is 4.17. The zero-order valence-corrected chi connectivity index (χ0v) is 11.6. The average Bonchev–Trinajstić information content (AvgIpc) is 2.46. The fraction of sp³-hybridized carbons (Fsp3) is 0.353. The van der Waals surface area contributed by atoms with E-state index < -0.39 is 6.10 Å². The first-order valence-corrected chi connectivity index (χ1v) is 7.13. The Bertz CT molecular complexity index is 597. The predicted molar refractivity (Wildman–Crippen MR) is 77.9 cm³/mol. The Kier molecular flexibility index (Phi) is 3.70. The molecular formula is C17H19NO2. The molecule has 20 heavy (non-hydrogen) atoms. The molecule has 0 saturated heterocycles. The van der Waals surface area contributed by atoms with Crippen molar-refractivity contribution < 1.29 is 9.84 Å². The largest absolute Gasteiger partial charge is 0.492 e. The van der Waals surface area contributed by atoms with Crippen LogP contribution in [0.2, 0.25) is 0 Å². The lowest BCUT2D eigenvalue weighted by Crippen LogP contribution is -2.23. The summed E-state index contributed by atoms with van der Waals surface area (Å²) in [5, 5.41) is 10.5. The second-order valence-electron chi connectivity index (χ2n) is 5.26. The number of ether oxygens (including phenoxy) is 1. The molecule has 1 aromatic heterocycles. The van der Waals surface area contributed by atoms with E-state index in [2.05, 4.69) is 24.0 Å². The van der Waals surface area contributed by atoms with Gasteiger partial charge in [-0.25, -0.2) is 0 Å². The average molecular weight is 269 g/mol. The van der Waals surface area contributed by atoms with Crippen molar-refractivity contribution in [2.24, 2.45) is 0 Å². The van der Waals surface area contributed by atoms with Gasteiger partial charge in [-0.15, -0.1) is 0 Å². The molecule has 2 aromatic rings. The van der Waals surface area contributed by atoms with E-state index >= 15 is 0 Å². The van der Waals surface area contributed by atoms with Gasteiger partial charge < -0.3 is 9.84 Å². The minimum Gasteiger partial charge on any atom is -0.492 e. The Labute approximate surface area is 119 Å². The van der Waals surface area contributed by atoms with E-state index in [0.717, 1.165) is 24.2 Å². The van der Waals surface area contributed by atoms with Gasteiger partial charge in [0.1, 0.15) is 5.75 Å². The number of aliphatic hydroxyl groups is 1. The third-order valence-corrected chi connectivity index (χ3v) is 3.82. The first kappa shape index (κ1) is 13.1. The molecular weight excluding hydrogens is 250 g/mol. The van der Waals surface area contributed by atoms with Crippen molar-refractivity contribution in [2.75, 3.05) is 6.61 Å². The van der Waals surface area contributed by atoms with Gasteiger partial charge in [0.2, 0.25) is 0 Å². The zero-order chi connectivity index (χ0) is 13.9. The minimum absolute atomic E-state index is 0.175. The molecule has 1 aromatic carbocycles. The van der Waals surface area contributed by atoms with Crippen molar-refractivity contribution in [1.82, 2.24) is 4.98 Å². The molecule has 1 aliphatic rings. The lowest BCUT2D eigenvalue weighted by Gasteiger charge is -2.34. The fourth-order valence-corrected chi connectivity index (χ4v) is 2.71. The molecule has 0 saturated carbocycles. The van der Waals surface area contributed by atoms with Crippen LogP contribution in [0.25, 0.3) is 0 Å². The summed E-state index contributed by atoms with van der Waals surface area (Å²) < 4.78 is 5.57. The van der Waals surface area contributed by atoms with E-state index in [1.807, 2.05) is 18.2 Å². The van der Waals surface area contributed by atoms with Gasteiger partial charge in [-0.05, 0) is 30.0 Å². The number of benzene rings is 1. The van der Waals surface area contributed by atoms with Crippen LogP contribution < -0.4 is 4.74 Å². The van der Waals surface area contributed by atoms with E-state index in [-0.39, 0.29) is 5.92 Å². The van der Waals surface area contributed by atoms with Gasteiger partial charge in [-0.3, -0.25) is 4.98 Å². The Hall–Kier alpha value is -1.87. The summed E-state index contributed by atoms with van der Waals surface area (Å²) in [6.45, 7) is 2.74. The van der Waals surface area contributed by atoms with Gasteiger partial charge in [-0.2, -0.15) is 0 Å². The predicted octanol–water partition coefficient (Wildman–Crippen LogP) is 3.24. The van der Waals surface area contributed by atoms with Gasteiger partial charge in [0.25, 0.3) is 0 Å². The molecule has 104 valence electrons. The number of pyridine rings is 1. The lowest BCUT2D eigenvalue weighted by atomic mass is 9.73. The summed E-state index contributed by atoms with van der Waals surface area (Å²) in [7, 11) is 0. The van der Waals surface area contributed by atoms with Crippen LogP contribution in [0.3, 0.4) is 0 Å². The van der Waals surface area contributed by atoms with Gasteiger partial charge >= 0.3 is 0 Å². The molecule has 1 aliphatic carbocycles. The van der Waals surface area contributed by atoms with Crippen molar-refractivity contribution >= 4 is 0 Å². The van der Waals surface area contributed by atoms with Gasteiger partial charge in [0, 0.05) is 17.7 Å². The van der Waals surface area contributed by atoms with Crippen LogP contribution in [0, 0.1) is 0 Å². The molecule has 0 spiro atoms. The van der Waals surface area contributed by atoms with E-state index in [1.165, 1.54) is 11.1 Å². The Morgan fingerprint density at radius 1 is 1.35 bits per heavy atom. The van der Waals surface area contributed by atoms with Crippen molar-refractivity contribution in [3.05, 3.63) is 59.4 Å². The quantitative estimate of drug-likeness (QED) is 0.906. The number of rotatable bonds is 5. The van der Waals surface area contributed by atoms with E-state index in [9.17, 15) is 5.11 Å². The van der Waals surface area contributed by atoms with Crippen LogP contribution in [0.15, 0.2) is 42.7 Å². The molecule has 0 fully saturated rings. The molecule has 3 heteroatoms. The van der Waals surface area contributed by atoms with E-state index in [4.69, 9.17) is 4.74 Å². The molecule has 0 bridgehead atoms. The van der Waals surface area contributed by atoms with Gasteiger partial charge in [-0.1, -0.05) is 31.2 Å². The summed E-state index contributed by atoms with van der Waals surface area (Å²) in [5.74, 6) is 0.908. The highest BCUT2D eigenvalue weighted by Crippen LogP contribution is 2.43. The number of hydrogen-bond donors (Lipinski definition) is 1. The summed E-state index contributed by atoms with van der Waals surface area (Å²) >= 11 is 0. The first-order chi connectivity index (χ1) is 9.79. The van der Waals surface area contributed by atoms with Crippen molar-refractivity contribution in [3.8, 4) is 5.75 Å². The topological polar surface area (TPSA) is 42.4 Å². The molecule has 1 N–H and O–H groups in total. The van der Waals surface area contributed by atoms with Crippen LogP contribution in [-0.4, -0.2) is 16.7 Å². The van der Waals surface area contributed by atoms with Crippen LogP contribution in [0.1, 0.15) is 42.1 Å². The summed E-state index contributed by atoms with van der Waals surface area (Å²) in [6.07, 6.45) is 4.80. The maximum absolute atomic E-state index is 10.5. The van der Waals surface area contributed by atoms with Crippen molar-refractivity contribution in [2.45, 2.75) is 31.8 Å². The van der Waals surface area contributed by atoms with E-state index in [1.54, 1.807) is 12.4 Å². The maximum atomic E-state index is 10.5. The molecule has 3 nitrogen and oxygen atoms in total. The van der Waals surface area contributed by atoms with Crippen molar-refractivity contribution in [3.63, 3.8) is 0 Å². The molecule has 0 aliphatic heterocycles. The summed E-state index contributed by atoms with van der Waals surface area (Å²) in [5.41, 5.74) is 3.42.